The molecule has 4 atom stereocenters. The van der Waals surface area contributed by atoms with Crippen LogP contribution in [0.2, 0.25) is 0 Å². The number of fused-ring (bicyclic) bond motifs is 4. The Bertz CT molecular complexity index is 1280. The number of para-hydroxylation sites is 1. The second-order valence-electron chi connectivity index (χ2n) is 8.60. The van der Waals surface area contributed by atoms with Crippen LogP contribution in [0.4, 0.5) is 5.69 Å². The van der Waals surface area contributed by atoms with Crippen LogP contribution in [0.25, 0.3) is 0 Å². The van der Waals surface area contributed by atoms with Gasteiger partial charge in [-0.3, -0.25) is 9.59 Å². The lowest BCUT2D eigenvalue weighted by Crippen LogP contribution is -2.51. The molecule has 1 amide bonds. The third-order valence-corrected chi connectivity index (χ3v) is 6.95. The Kier molecular flexibility index (Phi) is 5.51. The number of amides is 1. The van der Waals surface area contributed by atoms with Crippen molar-refractivity contribution in [2.24, 2.45) is 5.92 Å². The van der Waals surface area contributed by atoms with Gasteiger partial charge in [-0.05, 0) is 24.6 Å². The van der Waals surface area contributed by atoms with Gasteiger partial charge in [-0.1, -0.05) is 54.6 Å². The number of nitrogens with zero attached hydrogens (tertiary/aromatic N) is 1. The molecule has 0 radical (unpaired) electrons. The number of benzene rings is 2. The lowest BCUT2D eigenvalue weighted by Gasteiger charge is -2.34. The van der Waals surface area contributed by atoms with Crippen molar-refractivity contribution in [1.82, 2.24) is 4.90 Å². The van der Waals surface area contributed by atoms with E-state index in [0.29, 0.717) is 16.8 Å². The fourth-order valence-electron chi connectivity index (χ4n) is 5.58. The smallest absolute Gasteiger partial charge is 0.339 e. The Morgan fingerprint density at radius 2 is 1.77 bits per heavy atom. The molecule has 3 aliphatic rings. The number of esters is 2. The number of hydrogen-bond acceptors (Lipinski definition) is 7. The van der Waals surface area contributed by atoms with Crippen molar-refractivity contribution in [3.8, 4) is 0 Å². The minimum Gasteiger partial charge on any atom is -0.465 e. The lowest BCUT2D eigenvalue weighted by molar-refractivity contribution is -0.149. The van der Waals surface area contributed by atoms with Gasteiger partial charge in [0.05, 0.1) is 31.2 Å². The Balaban J connectivity index is 1.78. The van der Waals surface area contributed by atoms with Crippen molar-refractivity contribution in [3.05, 3.63) is 89.6 Å². The van der Waals surface area contributed by atoms with Crippen LogP contribution in [-0.2, 0) is 29.3 Å². The molecular weight excluding hydrogens is 448 g/mol. The van der Waals surface area contributed by atoms with Crippen LogP contribution in [0.1, 0.15) is 22.8 Å². The van der Waals surface area contributed by atoms with Crippen molar-refractivity contribution < 1.29 is 28.7 Å². The van der Waals surface area contributed by atoms with E-state index >= 15 is 0 Å². The summed E-state index contributed by atoms with van der Waals surface area (Å²) < 4.78 is 10.3. The van der Waals surface area contributed by atoms with Crippen LogP contribution in [0.15, 0.2) is 78.5 Å². The highest BCUT2D eigenvalue weighted by Gasteiger charge is 2.70. The molecule has 0 aliphatic carbocycles. The molecule has 3 aliphatic heterocycles. The van der Waals surface area contributed by atoms with Crippen molar-refractivity contribution in [3.63, 3.8) is 0 Å². The molecule has 8 nitrogen and oxygen atoms in total. The van der Waals surface area contributed by atoms with E-state index in [2.05, 4.69) is 5.32 Å². The van der Waals surface area contributed by atoms with E-state index < -0.39 is 35.4 Å². The van der Waals surface area contributed by atoms with Gasteiger partial charge in [0.1, 0.15) is 11.5 Å². The van der Waals surface area contributed by atoms with Gasteiger partial charge in [0, 0.05) is 17.5 Å². The van der Waals surface area contributed by atoms with E-state index in [1.807, 2.05) is 0 Å². The summed E-state index contributed by atoms with van der Waals surface area (Å²) in [5.74, 6) is -3.08. The molecule has 2 aromatic rings. The van der Waals surface area contributed by atoms with E-state index in [4.69, 9.17) is 9.47 Å². The molecule has 1 N–H and O–H groups in total. The van der Waals surface area contributed by atoms with Crippen LogP contribution < -0.4 is 5.32 Å². The van der Waals surface area contributed by atoms with Crippen molar-refractivity contribution in [2.45, 2.75) is 24.4 Å². The second-order valence-corrected chi connectivity index (χ2v) is 8.60. The van der Waals surface area contributed by atoms with Gasteiger partial charge in [0.15, 0.2) is 5.78 Å². The number of hydrogen-bond donors (Lipinski definition) is 1. The third kappa shape index (κ3) is 3.20. The van der Waals surface area contributed by atoms with Crippen LogP contribution in [0.3, 0.4) is 0 Å². The van der Waals surface area contributed by atoms with Crippen molar-refractivity contribution in [1.29, 1.82) is 0 Å². The van der Waals surface area contributed by atoms with E-state index in [1.165, 1.54) is 13.3 Å². The second kappa shape index (κ2) is 8.54. The standard InChI is InChI=1S/C27H24N2O6/c1-3-35-25(32)22-21(23(30)16-9-5-4-6-10-16)27(18-11-7-8-12-19(18)28-26(27)33)20-14-13-17(15-29(20)22)24(31)34-2/h4-15,20-22H,3H2,1-2H3,(H,28,33)/t20?,21?,22-,27-/m1/s1. The zero-order chi connectivity index (χ0) is 24.7. The molecule has 1 saturated heterocycles. The average molecular weight is 472 g/mol. The first-order chi connectivity index (χ1) is 16.9. The maximum Gasteiger partial charge on any atom is 0.339 e. The summed E-state index contributed by atoms with van der Waals surface area (Å²) in [6, 6.07) is 13.9. The molecule has 3 heterocycles. The minimum atomic E-state index is -1.42. The summed E-state index contributed by atoms with van der Waals surface area (Å²) in [6.07, 6.45) is 4.76. The van der Waals surface area contributed by atoms with Crippen molar-refractivity contribution >= 4 is 29.3 Å². The number of carbonyl (C=O) groups excluding carboxylic acids is 4. The first kappa shape index (κ1) is 22.6. The van der Waals surface area contributed by atoms with Gasteiger partial charge in [-0.25, -0.2) is 9.59 Å². The van der Waals surface area contributed by atoms with Gasteiger partial charge in [-0.2, -0.15) is 0 Å². The molecule has 35 heavy (non-hydrogen) atoms. The molecule has 1 spiro atoms. The van der Waals surface area contributed by atoms with E-state index in [1.54, 1.807) is 78.6 Å². The molecular formula is C27H24N2O6. The maximum atomic E-state index is 14.1. The summed E-state index contributed by atoms with van der Waals surface area (Å²) >= 11 is 0. The van der Waals surface area contributed by atoms with E-state index in [-0.39, 0.29) is 23.9 Å². The Morgan fingerprint density at radius 3 is 2.49 bits per heavy atom. The monoisotopic (exact) mass is 472 g/mol. The molecule has 178 valence electrons. The fourth-order valence-corrected chi connectivity index (χ4v) is 5.58. The van der Waals surface area contributed by atoms with Gasteiger partial charge in [-0.15, -0.1) is 0 Å². The predicted molar refractivity (Wildman–Crippen MR) is 126 cm³/mol. The summed E-state index contributed by atoms with van der Waals surface area (Å²) in [5.41, 5.74) is 0.372. The zero-order valence-electron chi connectivity index (χ0n) is 19.3. The van der Waals surface area contributed by atoms with Crippen molar-refractivity contribution in [2.75, 3.05) is 19.0 Å². The average Bonchev–Trinajstić information content (AvgIpc) is 3.36. The number of nitrogens with one attached hydrogen (secondary N) is 1. The number of anilines is 1. The van der Waals surface area contributed by atoms with Crippen LogP contribution >= 0.6 is 0 Å². The third-order valence-electron chi connectivity index (χ3n) is 6.95. The van der Waals surface area contributed by atoms with Crippen LogP contribution in [0.5, 0.6) is 0 Å². The first-order valence-corrected chi connectivity index (χ1v) is 11.4. The highest BCUT2D eigenvalue weighted by atomic mass is 16.5. The maximum absolute atomic E-state index is 14.1. The number of rotatable bonds is 5. The van der Waals surface area contributed by atoms with Gasteiger partial charge >= 0.3 is 11.9 Å². The molecule has 2 unspecified atom stereocenters. The molecule has 0 aromatic heterocycles. The molecule has 0 bridgehead atoms. The Labute approximate surface area is 202 Å². The largest absolute Gasteiger partial charge is 0.465 e. The first-order valence-electron chi connectivity index (χ1n) is 11.4. The molecule has 2 aromatic carbocycles. The number of methoxy groups -OCH3 is 1. The normalized spacial score (nSPS) is 26.0. The van der Waals surface area contributed by atoms with E-state index in [0.717, 1.165) is 0 Å². The quantitative estimate of drug-likeness (QED) is 0.527. The molecule has 5 rings (SSSR count). The summed E-state index contributed by atoms with van der Waals surface area (Å²) in [6.45, 7) is 1.77. The molecule has 1 fully saturated rings. The van der Waals surface area contributed by atoms with Crippen LogP contribution in [0, 0.1) is 5.92 Å². The number of Topliss-reactive ketones (excluding diaryl/α,β-unsaturated/α-hetero) is 1. The van der Waals surface area contributed by atoms with Crippen LogP contribution in [-0.4, -0.2) is 54.3 Å². The highest BCUT2D eigenvalue weighted by molar-refractivity contribution is 6.15. The summed E-state index contributed by atoms with van der Waals surface area (Å²) in [7, 11) is 1.26. The number of ether oxygens (including phenoxy) is 2. The molecule has 8 heteroatoms. The topological polar surface area (TPSA) is 102 Å². The van der Waals surface area contributed by atoms with Gasteiger partial charge < -0.3 is 19.7 Å². The van der Waals surface area contributed by atoms with Gasteiger partial charge in [0.25, 0.3) is 0 Å². The minimum absolute atomic E-state index is 0.0965. The zero-order valence-corrected chi connectivity index (χ0v) is 19.3. The van der Waals surface area contributed by atoms with E-state index in [9.17, 15) is 19.2 Å². The Hall–Kier alpha value is -4.20. The summed E-state index contributed by atoms with van der Waals surface area (Å²) in [4.78, 5) is 55.4. The van der Waals surface area contributed by atoms with Gasteiger partial charge in [0.2, 0.25) is 5.91 Å². The fraction of sp³-hybridized carbons (Fsp3) is 0.259. The SMILES string of the molecule is CCOC(=O)[C@H]1C(C(=O)c2ccccc2)[C@]2(C(=O)Nc3ccccc32)C2C=CC(C(=O)OC)=CN21. The Morgan fingerprint density at radius 1 is 1.06 bits per heavy atom. The highest BCUT2D eigenvalue weighted by Crippen LogP contribution is 2.56. The number of carbonyl (C=O) groups is 4. The lowest BCUT2D eigenvalue weighted by atomic mass is 9.64. The molecule has 0 saturated carbocycles. The number of ketones is 1. The summed E-state index contributed by atoms with van der Waals surface area (Å²) in [5, 5.41) is 2.92. The predicted octanol–water partition coefficient (Wildman–Crippen LogP) is 2.62.